The molecule has 0 saturated carbocycles. The van der Waals surface area contributed by atoms with Crippen LogP contribution < -0.4 is 5.32 Å². The van der Waals surface area contributed by atoms with E-state index in [0.717, 1.165) is 0 Å². The fourth-order valence-corrected chi connectivity index (χ4v) is 0.938. The Morgan fingerprint density at radius 2 is 2.29 bits per heavy atom. The van der Waals surface area contributed by atoms with E-state index < -0.39 is 0 Å². The molecule has 0 aliphatic rings. The summed E-state index contributed by atoms with van der Waals surface area (Å²) < 4.78 is 0. The number of nitrogens with one attached hydrogen (secondary N) is 1. The van der Waals surface area contributed by atoms with E-state index >= 15 is 0 Å². The third-order valence-corrected chi connectivity index (χ3v) is 1.57. The smallest absolute Gasteiger partial charge is 0.145 e. The van der Waals surface area contributed by atoms with Gasteiger partial charge in [0, 0.05) is 12.1 Å². The van der Waals surface area contributed by atoms with Gasteiger partial charge in [-0.25, -0.2) is 9.97 Å². The van der Waals surface area contributed by atoms with Gasteiger partial charge in [-0.1, -0.05) is 0 Å². The Labute approximate surface area is 82.0 Å². The predicted octanol–water partition coefficient (Wildman–Crippen LogP) is 1.06. The number of hydrogen-bond donors (Lipinski definition) is 1. The summed E-state index contributed by atoms with van der Waals surface area (Å²) in [5.41, 5.74) is 0.312. The van der Waals surface area contributed by atoms with Crippen LogP contribution in [-0.4, -0.2) is 16.0 Å². The van der Waals surface area contributed by atoms with Gasteiger partial charge >= 0.3 is 0 Å². The topological polar surface area (TPSA) is 85.4 Å². The second-order valence-corrected chi connectivity index (χ2v) is 2.81. The van der Waals surface area contributed by atoms with Crippen molar-refractivity contribution in [2.75, 3.05) is 5.32 Å². The van der Waals surface area contributed by atoms with Crippen LogP contribution >= 0.6 is 0 Å². The van der Waals surface area contributed by atoms with Crippen molar-refractivity contribution in [3.05, 3.63) is 18.1 Å². The van der Waals surface area contributed by atoms with E-state index in [-0.39, 0.29) is 6.04 Å². The van der Waals surface area contributed by atoms with E-state index in [4.69, 9.17) is 10.5 Å². The highest BCUT2D eigenvalue weighted by molar-refractivity contribution is 5.39. The Morgan fingerprint density at radius 1 is 1.50 bits per heavy atom. The van der Waals surface area contributed by atoms with Crippen molar-refractivity contribution in [1.29, 1.82) is 10.5 Å². The summed E-state index contributed by atoms with van der Waals surface area (Å²) >= 11 is 0. The lowest BCUT2D eigenvalue weighted by atomic mass is 10.2. The summed E-state index contributed by atoms with van der Waals surface area (Å²) in [7, 11) is 0. The molecule has 0 aliphatic heterocycles. The first-order valence-electron chi connectivity index (χ1n) is 4.12. The molecule has 0 fully saturated rings. The lowest BCUT2D eigenvalue weighted by molar-refractivity contribution is 0.812. The quantitative estimate of drug-likeness (QED) is 0.764. The van der Waals surface area contributed by atoms with Crippen molar-refractivity contribution in [3.63, 3.8) is 0 Å². The zero-order valence-corrected chi connectivity index (χ0v) is 7.73. The normalized spacial score (nSPS) is 11.1. The summed E-state index contributed by atoms with van der Waals surface area (Å²) in [6, 6.07) is 5.53. The summed E-state index contributed by atoms with van der Waals surface area (Å²) in [6.07, 6.45) is 1.71. The second kappa shape index (κ2) is 4.78. The standard InChI is InChI=1S/C9H9N5/c1-7(2-3-10)14-9-4-8(5-11)12-6-13-9/h4,6-7H,2H2,1H3,(H,12,13,14). The van der Waals surface area contributed by atoms with Crippen molar-refractivity contribution >= 4 is 5.82 Å². The molecule has 5 heteroatoms. The van der Waals surface area contributed by atoms with Crippen molar-refractivity contribution in [3.8, 4) is 12.1 Å². The summed E-state index contributed by atoms with van der Waals surface area (Å²) in [6.45, 7) is 1.87. The molecule has 0 spiro atoms. The van der Waals surface area contributed by atoms with Crippen LogP contribution in [0, 0.1) is 22.7 Å². The van der Waals surface area contributed by atoms with Crippen molar-refractivity contribution in [2.45, 2.75) is 19.4 Å². The van der Waals surface area contributed by atoms with Crippen LogP contribution in [0.25, 0.3) is 0 Å². The second-order valence-electron chi connectivity index (χ2n) is 2.81. The average molecular weight is 187 g/mol. The van der Waals surface area contributed by atoms with Crippen molar-refractivity contribution in [1.82, 2.24) is 9.97 Å². The van der Waals surface area contributed by atoms with Crippen LogP contribution in [0.5, 0.6) is 0 Å². The molecular formula is C9H9N5. The minimum Gasteiger partial charge on any atom is -0.366 e. The first-order chi connectivity index (χ1) is 6.76. The highest BCUT2D eigenvalue weighted by Crippen LogP contribution is 2.05. The highest BCUT2D eigenvalue weighted by atomic mass is 15.0. The van der Waals surface area contributed by atoms with E-state index in [1.807, 2.05) is 19.1 Å². The Bertz CT molecular complexity index is 387. The van der Waals surface area contributed by atoms with E-state index in [1.54, 1.807) is 6.07 Å². The van der Waals surface area contributed by atoms with Gasteiger partial charge in [0.15, 0.2) is 0 Å². The summed E-state index contributed by atoms with van der Waals surface area (Å²) in [4.78, 5) is 7.66. The van der Waals surface area contributed by atoms with Crippen LogP contribution in [0.15, 0.2) is 12.4 Å². The Balaban J connectivity index is 2.69. The number of nitrogens with zero attached hydrogens (tertiary/aromatic N) is 4. The number of hydrogen-bond acceptors (Lipinski definition) is 5. The molecule has 1 unspecified atom stereocenters. The van der Waals surface area contributed by atoms with E-state index in [2.05, 4.69) is 15.3 Å². The Kier molecular flexibility index (Phi) is 3.40. The van der Waals surface area contributed by atoms with Crippen LogP contribution in [0.2, 0.25) is 0 Å². The molecule has 70 valence electrons. The van der Waals surface area contributed by atoms with Gasteiger partial charge in [0.2, 0.25) is 0 Å². The van der Waals surface area contributed by atoms with Gasteiger partial charge in [-0.3, -0.25) is 0 Å². The van der Waals surface area contributed by atoms with Gasteiger partial charge < -0.3 is 5.32 Å². The molecule has 1 N–H and O–H groups in total. The molecule has 1 atom stereocenters. The van der Waals surface area contributed by atoms with Crippen LogP contribution in [-0.2, 0) is 0 Å². The molecule has 1 aromatic rings. The Morgan fingerprint density at radius 3 is 2.93 bits per heavy atom. The maximum absolute atomic E-state index is 8.58. The molecule has 1 rings (SSSR count). The predicted molar refractivity (Wildman–Crippen MR) is 50.1 cm³/mol. The molecule has 5 nitrogen and oxygen atoms in total. The molecule has 1 aromatic heterocycles. The minimum atomic E-state index is 0.0152. The lowest BCUT2D eigenvalue weighted by Gasteiger charge is -2.09. The maximum atomic E-state index is 8.58. The van der Waals surface area contributed by atoms with E-state index in [1.165, 1.54) is 6.33 Å². The number of anilines is 1. The van der Waals surface area contributed by atoms with Gasteiger partial charge in [0.05, 0.1) is 12.5 Å². The van der Waals surface area contributed by atoms with E-state index in [0.29, 0.717) is 17.9 Å². The van der Waals surface area contributed by atoms with Crippen LogP contribution in [0.4, 0.5) is 5.82 Å². The van der Waals surface area contributed by atoms with Gasteiger partial charge in [-0.2, -0.15) is 10.5 Å². The van der Waals surface area contributed by atoms with Crippen LogP contribution in [0.3, 0.4) is 0 Å². The number of aromatic nitrogens is 2. The number of nitriles is 2. The molecule has 0 saturated heterocycles. The fourth-order valence-electron chi connectivity index (χ4n) is 0.938. The van der Waals surface area contributed by atoms with Gasteiger partial charge in [-0.15, -0.1) is 0 Å². The lowest BCUT2D eigenvalue weighted by Crippen LogP contribution is -2.15. The maximum Gasteiger partial charge on any atom is 0.145 e. The average Bonchev–Trinajstić information content (AvgIpc) is 2.18. The zero-order valence-electron chi connectivity index (χ0n) is 7.73. The van der Waals surface area contributed by atoms with Crippen molar-refractivity contribution < 1.29 is 0 Å². The highest BCUT2D eigenvalue weighted by Gasteiger charge is 2.02. The van der Waals surface area contributed by atoms with E-state index in [9.17, 15) is 0 Å². The SMILES string of the molecule is CC(CC#N)Nc1cc(C#N)ncn1. The molecule has 0 aliphatic carbocycles. The van der Waals surface area contributed by atoms with Gasteiger partial charge in [0.25, 0.3) is 0 Å². The molecule has 0 radical (unpaired) electrons. The monoisotopic (exact) mass is 187 g/mol. The molecule has 14 heavy (non-hydrogen) atoms. The van der Waals surface area contributed by atoms with Crippen LogP contribution in [0.1, 0.15) is 19.0 Å². The summed E-state index contributed by atoms with van der Waals surface area (Å²) in [5.74, 6) is 0.569. The molecule has 0 bridgehead atoms. The molecule has 0 amide bonds. The minimum absolute atomic E-state index is 0.0152. The van der Waals surface area contributed by atoms with Crippen molar-refractivity contribution in [2.24, 2.45) is 0 Å². The largest absolute Gasteiger partial charge is 0.366 e. The zero-order chi connectivity index (χ0) is 10.4. The fraction of sp³-hybridized carbons (Fsp3) is 0.333. The third-order valence-electron chi connectivity index (χ3n) is 1.57. The third kappa shape index (κ3) is 2.72. The van der Waals surface area contributed by atoms with Gasteiger partial charge in [-0.05, 0) is 6.92 Å². The van der Waals surface area contributed by atoms with Gasteiger partial charge in [0.1, 0.15) is 23.9 Å². The first kappa shape index (κ1) is 9.94. The first-order valence-corrected chi connectivity index (χ1v) is 4.12. The Hall–Kier alpha value is -2.14. The molecule has 1 heterocycles. The number of rotatable bonds is 3. The summed E-state index contributed by atoms with van der Waals surface area (Å²) in [5, 5.41) is 20.0. The molecular weight excluding hydrogens is 178 g/mol. The molecule has 0 aromatic carbocycles.